The molecule has 1 aliphatic heterocycles. The maximum atomic E-state index is 9.44. The standard InChI is InChI=1S/C14H23N3O3/c1-19-12-6-11(9-18)17(7-12)8-13-15-14(16-20-13)10-4-2-3-5-10/h10-12,18H,2-9H2,1H3/t11-,12+/m0/s1. The molecule has 2 heterocycles. The zero-order valence-electron chi connectivity index (χ0n) is 12.0. The number of aromatic nitrogens is 2. The van der Waals surface area contributed by atoms with E-state index in [0.29, 0.717) is 18.4 Å². The summed E-state index contributed by atoms with van der Waals surface area (Å²) < 4.78 is 10.8. The number of rotatable bonds is 5. The van der Waals surface area contributed by atoms with Crippen molar-refractivity contribution >= 4 is 0 Å². The molecule has 0 spiro atoms. The van der Waals surface area contributed by atoms with Gasteiger partial charge in [0.15, 0.2) is 5.82 Å². The van der Waals surface area contributed by atoms with Gasteiger partial charge in [-0.25, -0.2) is 0 Å². The van der Waals surface area contributed by atoms with Crippen LogP contribution in [-0.2, 0) is 11.3 Å². The van der Waals surface area contributed by atoms with Gasteiger partial charge in [-0.2, -0.15) is 4.98 Å². The predicted molar refractivity (Wildman–Crippen MR) is 72.2 cm³/mol. The van der Waals surface area contributed by atoms with Crippen molar-refractivity contribution in [2.45, 2.75) is 56.7 Å². The first-order valence-corrected chi connectivity index (χ1v) is 7.50. The quantitative estimate of drug-likeness (QED) is 0.877. The number of aliphatic hydroxyl groups is 1. The highest BCUT2D eigenvalue weighted by atomic mass is 16.5. The van der Waals surface area contributed by atoms with Gasteiger partial charge < -0.3 is 14.4 Å². The number of hydrogen-bond donors (Lipinski definition) is 1. The average Bonchev–Trinajstić information content (AvgIpc) is 3.19. The Balaban J connectivity index is 1.62. The van der Waals surface area contributed by atoms with Crippen LogP contribution in [0.3, 0.4) is 0 Å². The first-order chi connectivity index (χ1) is 9.80. The summed E-state index contributed by atoms with van der Waals surface area (Å²) in [6, 6.07) is 0.127. The van der Waals surface area contributed by atoms with Crippen molar-refractivity contribution < 1.29 is 14.4 Å². The van der Waals surface area contributed by atoms with Gasteiger partial charge in [-0.1, -0.05) is 18.0 Å². The van der Waals surface area contributed by atoms with E-state index in [9.17, 15) is 5.11 Å². The highest BCUT2D eigenvalue weighted by molar-refractivity contribution is 4.98. The summed E-state index contributed by atoms with van der Waals surface area (Å²) in [5.41, 5.74) is 0. The molecule has 6 nitrogen and oxygen atoms in total. The molecule has 0 bridgehead atoms. The summed E-state index contributed by atoms with van der Waals surface area (Å²) in [6.45, 7) is 1.55. The highest BCUT2D eigenvalue weighted by Gasteiger charge is 2.33. The number of nitrogens with zero attached hydrogens (tertiary/aromatic N) is 3. The smallest absolute Gasteiger partial charge is 0.240 e. The second-order valence-electron chi connectivity index (χ2n) is 5.89. The predicted octanol–water partition coefficient (Wildman–Crippen LogP) is 1.31. The van der Waals surface area contributed by atoms with Crippen molar-refractivity contribution in [2.24, 2.45) is 0 Å². The molecule has 20 heavy (non-hydrogen) atoms. The molecular weight excluding hydrogens is 258 g/mol. The van der Waals surface area contributed by atoms with Crippen LogP contribution in [-0.4, -0.2) is 52.6 Å². The normalized spacial score (nSPS) is 28.5. The summed E-state index contributed by atoms with van der Waals surface area (Å²) in [4.78, 5) is 6.70. The minimum atomic E-state index is 0.127. The minimum Gasteiger partial charge on any atom is -0.395 e. The topological polar surface area (TPSA) is 71.6 Å². The third kappa shape index (κ3) is 2.87. The molecule has 0 amide bonds. The molecule has 2 fully saturated rings. The molecule has 1 saturated carbocycles. The van der Waals surface area contributed by atoms with Crippen LogP contribution in [0.15, 0.2) is 4.52 Å². The zero-order valence-corrected chi connectivity index (χ0v) is 12.0. The van der Waals surface area contributed by atoms with Crippen LogP contribution in [0, 0.1) is 0 Å². The zero-order chi connectivity index (χ0) is 13.9. The van der Waals surface area contributed by atoms with Crippen LogP contribution in [0.2, 0.25) is 0 Å². The molecule has 112 valence electrons. The molecule has 2 atom stereocenters. The van der Waals surface area contributed by atoms with Crippen molar-refractivity contribution in [1.29, 1.82) is 0 Å². The summed E-state index contributed by atoms with van der Waals surface area (Å²) in [5, 5.41) is 13.6. The first kappa shape index (κ1) is 14.0. The summed E-state index contributed by atoms with van der Waals surface area (Å²) in [7, 11) is 1.72. The monoisotopic (exact) mass is 281 g/mol. The lowest BCUT2D eigenvalue weighted by Gasteiger charge is -2.19. The molecule has 0 unspecified atom stereocenters. The van der Waals surface area contributed by atoms with Crippen LogP contribution in [0.25, 0.3) is 0 Å². The second-order valence-corrected chi connectivity index (χ2v) is 5.89. The van der Waals surface area contributed by atoms with Crippen LogP contribution >= 0.6 is 0 Å². The first-order valence-electron chi connectivity index (χ1n) is 7.50. The van der Waals surface area contributed by atoms with Crippen molar-refractivity contribution in [2.75, 3.05) is 20.3 Å². The van der Waals surface area contributed by atoms with Gasteiger partial charge in [0.2, 0.25) is 5.89 Å². The van der Waals surface area contributed by atoms with E-state index in [-0.39, 0.29) is 18.8 Å². The van der Waals surface area contributed by atoms with Crippen LogP contribution in [0.1, 0.15) is 49.7 Å². The van der Waals surface area contributed by atoms with E-state index in [1.54, 1.807) is 7.11 Å². The average molecular weight is 281 g/mol. The van der Waals surface area contributed by atoms with Crippen LogP contribution in [0.4, 0.5) is 0 Å². The van der Waals surface area contributed by atoms with Crippen LogP contribution in [0.5, 0.6) is 0 Å². The third-order valence-electron chi connectivity index (χ3n) is 4.58. The van der Waals surface area contributed by atoms with Gasteiger partial charge in [0.05, 0.1) is 19.3 Å². The molecule has 1 aromatic heterocycles. The molecule has 1 aliphatic carbocycles. The molecule has 0 aromatic carbocycles. The Labute approximate surface area is 119 Å². The van der Waals surface area contributed by atoms with Gasteiger partial charge in [0.25, 0.3) is 0 Å². The van der Waals surface area contributed by atoms with E-state index in [4.69, 9.17) is 9.26 Å². The highest BCUT2D eigenvalue weighted by Crippen LogP contribution is 2.32. The Morgan fingerprint density at radius 3 is 2.90 bits per heavy atom. The molecule has 2 aliphatic rings. The summed E-state index contributed by atoms with van der Waals surface area (Å²) >= 11 is 0. The summed E-state index contributed by atoms with van der Waals surface area (Å²) in [5.74, 6) is 1.99. The lowest BCUT2D eigenvalue weighted by Crippen LogP contribution is -2.32. The van der Waals surface area contributed by atoms with E-state index in [1.807, 2.05) is 0 Å². The van der Waals surface area contributed by atoms with E-state index in [2.05, 4.69) is 15.0 Å². The Morgan fingerprint density at radius 2 is 2.20 bits per heavy atom. The Morgan fingerprint density at radius 1 is 1.40 bits per heavy atom. The molecule has 6 heteroatoms. The van der Waals surface area contributed by atoms with E-state index >= 15 is 0 Å². The van der Waals surface area contributed by atoms with Crippen molar-refractivity contribution in [1.82, 2.24) is 15.0 Å². The second kappa shape index (κ2) is 6.20. The van der Waals surface area contributed by atoms with Gasteiger partial charge in [-0.05, 0) is 19.3 Å². The van der Waals surface area contributed by atoms with E-state index in [0.717, 1.165) is 18.8 Å². The molecule has 1 aromatic rings. The number of hydrogen-bond acceptors (Lipinski definition) is 6. The maximum absolute atomic E-state index is 9.44. The fourth-order valence-corrected chi connectivity index (χ4v) is 3.35. The SMILES string of the molecule is CO[C@@H]1C[C@@H](CO)N(Cc2nc(C3CCCC3)no2)C1. The number of likely N-dealkylation sites (tertiary alicyclic amines) is 1. The number of ether oxygens (including phenoxy) is 1. The molecular formula is C14H23N3O3. The largest absolute Gasteiger partial charge is 0.395 e. The lowest BCUT2D eigenvalue weighted by molar-refractivity contribution is 0.104. The summed E-state index contributed by atoms with van der Waals surface area (Å²) in [6.07, 6.45) is 5.92. The van der Waals surface area contributed by atoms with E-state index < -0.39 is 0 Å². The van der Waals surface area contributed by atoms with Crippen LogP contribution < -0.4 is 0 Å². The third-order valence-corrected chi connectivity index (χ3v) is 4.58. The Bertz CT molecular complexity index is 431. The molecule has 0 radical (unpaired) electrons. The fourth-order valence-electron chi connectivity index (χ4n) is 3.35. The van der Waals surface area contributed by atoms with Crippen molar-refractivity contribution in [3.05, 3.63) is 11.7 Å². The number of methoxy groups -OCH3 is 1. The van der Waals surface area contributed by atoms with Gasteiger partial charge in [-0.3, -0.25) is 4.90 Å². The fraction of sp³-hybridized carbons (Fsp3) is 0.857. The van der Waals surface area contributed by atoms with Gasteiger partial charge in [0, 0.05) is 25.6 Å². The van der Waals surface area contributed by atoms with Gasteiger partial charge >= 0.3 is 0 Å². The Kier molecular flexibility index (Phi) is 4.33. The molecule has 3 rings (SSSR count). The lowest BCUT2D eigenvalue weighted by atomic mass is 10.1. The minimum absolute atomic E-state index is 0.127. The van der Waals surface area contributed by atoms with Crippen molar-refractivity contribution in [3.63, 3.8) is 0 Å². The van der Waals surface area contributed by atoms with Gasteiger partial charge in [-0.15, -0.1) is 0 Å². The molecule has 1 saturated heterocycles. The number of aliphatic hydroxyl groups excluding tert-OH is 1. The molecule has 1 N–H and O–H groups in total. The van der Waals surface area contributed by atoms with E-state index in [1.165, 1.54) is 25.7 Å². The van der Waals surface area contributed by atoms with Crippen molar-refractivity contribution in [3.8, 4) is 0 Å². The van der Waals surface area contributed by atoms with Gasteiger partial charge in [0.1, 0.15) is 0 Å². The Hall–Kier alpha value is -0.980. The maximum Gasteiger partial charge on any atom is 0.240 e.